The van der Waals surface area contributed by atoms with Crippen molar-refractivity contribution in [2.24, 2.45) is 0 Å². The van der Waals surface area contributed by atoms with Gasteiger partial charge in [-0.3, -0.25) is 0 Å². The van der Waals surface area contributed by atoms with Crippen LogP contribution >= 0.6 is 0 Å². The molecule has 0 amide bonds. The Kier molecular flexibility index (Phi) is 3.37. The fourth-order valence-corrected chi connectivity index (χ4v) is 1.13. The second kappa shape index (κ2) is 4.35. The van der Waals surface area contributed by atoms with Crippen molar-refractivity contribution in [1.82, 2.24) is 10.6 Å². The molecule has 0 aliphatic carbocycles. The van der Waals surface area contributed by atoms with E-state index in [-0.39, 0.29) is 0 Å². The van der Waals surface area contributed by atoms with E-state index in [4.69, 9.17) is 0 Å². The van der Waals surface area contributed by atoms with Gasteiger partial charge in [-0.25, -0.2) is 0 Å². The van der Waals surface area contributed by atoms with Crippen molar-refractivity contribution in [3.05, 3.63) is 17.9 Å². The second-order valence-corrected chi connectivity index (χ2v) is 2.95. The van der Waals surface area contributed by atoms with Gasteiger partial charge in [0.05, 0.1) is 0 Å². The molecule has 0 aromatic heterocycles. The standard InChI is InChI=1S/C9H16N2/c1-3-4-5-9-7-10-8(2)6-11-9/h3,5,8-11H,6-7H2,1-2H3/t4?,8-,9-/m0/s1. The lowest BCUT2D eigenvalue weighted by molar-refractivity contribution is 0.397. The van der Waals surface area contributed by atoms with Gasteiger partial charge >= 0.3 is 0 Å². The van der Waals surface area contributed by atoms with Crippen LogP contribution in [-0.4, -0.2) is 25.2 Å². The molecule has 2 atom stereocenters. The maximum atomic E-state index is 3.40. The minimum Gasteiger partial charge on any atom is -0.311 e. The fourth-order valence-electron chi connectivity index (χ4n) is 1.13. The number of piperazine rings is 1. The van der Waals surface area contributed by atoms with Crippen LogP contribution in [0.5, 0.6) is 0 Å². The molecular weight excluding hydrogens is 136 g/mol. The van der Waals surface area contributed by atoms with E-state index in [9.17, 15) is 0 Å². The van der Waals surface area contributed by atoms with Gasteiger partial charge in [-0.05, 0) is 26.0 Å². The first-order valence-electron chi connectivity index (χ1n) is 4.17. The smallest absolute Gasteiger partial charge is 0.0451 e. The molecule has 0 aromatic rings. The molecule has 1 saturated heterocycles. The average molecular weight is 152 g/mol. The van der Waals surface area contributed by atoms with Gasteiger partial charge in [-0.1, -0.05) is 0 Å². The Hall–Kier alpha value is -0.560. The van der Waals surface area contributed by atoms with Crippen molar-refractivity contribution in [2.75, 3.05) is 13.1 Å². The summed E-state index contributed by atoms with van der Waals surface area (Å²) >= 11 is 0. The minimum atomic E-state index is 0.461. The van der Waals surface area contributed by atoms with Crippen molar-refractivity contribution in [2.45, 2.75) is 25.9 Å². The van der Waals surface area contributed by atoms with Crippen molar-refractivity contribution in [3.8, 4) is 0 Å². The average Bonchev–Trinajstić information content (AvgIpc) is 2.04. The van der Waals surface area contributed by atoms with E-state index in [2.05, 4.69) is 29.4 Å². The quantitative estimate of drug-likeness (QED) is 0.540. The van der Waals surface area contributed by atoms with E-state index in [1.165, 1.54) is 0 Å². The molecule has 0 saturated carbocycles. The summed E-state index contributed by atoms with van der Waals surface area (Å²) in [5, 5.41) is 6.80. The van der Waals surface area contributed by atoms with Gasteiger partial charge in [0, 0.05) is 25.2 Å². The topological polar surface area (TPSA) is 24.1 Å². The molecule has 1 rings (SSSR count). The van der Waals surface area contributed by atoms with Crippen molar-refractivity contribution >= 4 is 0 Å². The summed E-state index contributed by atoms with van der Waals surface area (Å²) in [5.74, 6) is 0. The molecule has 1 aliphatic rings. The summed E-state index contributed by atoms with van der Waals surface area (Å²) in [4.78, 5) is 0. The number of rotatable bonds is 1. The van der Waals surface area contributed by atoms with Crippen LogP contribution in [0.4, 0.5) is 0 Å². The number of hydrogen-bond acceptors (Lipinski definition) is 2. The third-order valence-corrected chi connectivity index (χ3v) is 1.84. The summed E-state index contributed by atoms with van der Waals surface area (Å²) in [6.45, 7) is 6.23. The predicted molar refractivity (Wildman–Crippen MR) is 47.6 cm³/mol. The van der Waals surface area contributed by atoms with Crippen LogP contribution in [0.2, 0.25) is 0 Å². The molecule has 0 bridgehead atoms. The molecule has 2 nitrogen and oxygen atoms in total. The van der Waals surface area contributed by atoms with Crippen LogP contribution in [0.1, 0.15) is 13.8 Å². The van der Waals surface area contributed by atoms with Gasteiger partial charge in [0.15, 0.2) is 0 Å². The summed E-state index contributed by atoms with van der Waals surface area (Å²) in [6.07, 6.45) is 4.00. The highest BCUT2D eigenvalue weighted by Crippen LogP contribution is 1.92. The zero-order valence-corrected chi connectivity index (χ0v) is 7.22. The van der Waals surface area contributed by atoms with Gasteiger partial charge in [-0.2, -0.15) is 0 Å². The highest BCUT2D eigenvalue weighted by atomic mass is 15.1. The highest BCUT2D eigenvalue weighted by molar-refractivity contribution is 4.96. The molecule has 2 N–H and O–H groups in total. The second-order valence-electron chi connectivity index (χ2n) is 2.95. The lowest BCUT2D eigenvalue weighted by atomic mass is 10.2. The monoisotopic (exact) mass is 152 g/mol. The van der Waals surface area contributed by atoms with E-state index in [1.54, 1.807) is 0 Å². The molecule has 0 unspecified atom stereocenters. The SMILES string of the molecule is CC=C=C[C@H]1CN[C@@H](C)CN1. The Morgan fingerprint density at radius 2 is 2.18 bits per heavy atom. The first kappa shape index (κ1) is 8.54. The van der Waals surface area contributed by atoms with Crippen LogP contribution < -0.4 is 10.6 Å². The normalized spacial score (nSPS) is 30.7. The van der Waals surface area contributed by atoms with Gasteiger partial charge in [0.25, 0.3) is 0 Å². The van der Waals surface area contributed by atoms with Crippen LogP contribution in [0.25, 0.3) is 0 Å². The van der Waals surface area contributed by atoms with E-state index >= 15 is 0 Å². The minimum absolute atomic E-state index is 0.461. The summed E-state index contributed by atoms with van der Waals surface area (Å²) in [5.41, 5.74) is 3.08. The molecule has 1 fully saturated rings. The maximum Gasteiger partial charge on any atom is 0.0451 e. The van der Waals surface area contributed by atoms with E-state index in [1.807, 2.05) is 13.0 Å². The van der Waals surface area contributed by atoms with Gasteiger partial charge in [0.2, 0.25) is 0 Å². The van der Waals surface area contributed by atoms with Crippen molar-refractivity contribution < 1.29 is 0 Å². The lowest BCUT2D eigenvalue weighted by Crippen LogP contribution is -2.52. The zero-order valence-electron chi connectivity index (χ0n) is 7.22. The summed E-state index contributed by atoms with van der Waals surface area (Å²) < 4.78 is 0. The molecule has 2 heteroatoms. The predicted octanol–water partition coefficient (Wildman–Crippen LogP) is 0.668. The number of nitrogens with one attached hydrogen (secondary N) is 2. The van der Waals surface area contributed by atoms with E-state index < -0.39 is 0 Å². The van der Waals surface area contributed by atoms with Crippen molar-refractivity contribution in [3.63, 3.8) is 0 Å². The van der Waals surface area contributed by atoms with Gasteiger partial charge in [0.1, 0.15) is 0 Å². The largest absolute Gasteiger partial charge is 0.311 e. The molecule has 1 aliphatic heterocycles. The molecule has 0 aromatic carbocycles. The van der Waals surface area contributed by atoms with Gasteiger partial charge in [-0.15, -0.1) is 5.73 Å². The molecule has 1 heterocycles. The highest BCUT2D eigenvalue weighted by Gasteiger charge is 2.12. The van der Waals surface area contributed by atoms with Crippen LogP contribution in [-0.2, 0) is 0 Å². The van der Waals surface area contributed by atoms with Crippen LogP contribution in [0, 0.1) is 0 Å². The maximum absolute atomic E-state index is 3.40. The lowest BCUT2D eigenvalue weighted by Gasteiger charge is -2.26. The summed E-state index contributed by atoms with van der Waals surface area (Å²) in [6, 6.07) is 1.06. The molecule has 11 heavy (non-hydrogen) atoms. The van der Waals surface area contributed by atoms with Gasteiger partial charge < -0.3 is 10.6 Å². The van der Waals surface area contributed by atoms with E-state index in [0.717, 1.165) is 13.1 Å². The third kappa shape index (κ3) is 2.89. The van der Waals surface area contributed by atoms with Crippen LogP contribution in [0.15, 0.2) is 17.9 Å². The first-order chi connectivity index (χ1) is 5.33. The Labute approximate surface area is 68.4 Å². The van der Waals surface area contributed by atoms with E-state index in [0.29, 0.717) is 12.1 Å². The molecule has 0 radical (unpaired) electrons. The van der Waals surface area contributed by atoms with Crippen molar-refractivity contribution in [1.29, 1.82) is 0 Å². The Bertz CT molecular complexity index is 160. The Morgan fingerprint density at radius 3 is 2.73 bits per heavy atom. The number of hydrogen-bond donors (Lipinski definition) is 2. The van der Waals surface area contributed by atoms with Crippen LogP contribution in [0.3, 0.4) is 0 Å². The first-order valence-corrected chi connectivity index (χ1v) is 4.17. The zero-order chi connectivity index (χ0) is 8.10. The Balaban J connectivity index is 2.33. The molecular formula is C9H16N2. The Morgan fingerprint density at radius 1 is 1.36 bits per heavy atom. The fraction of sp³-hybridized carbons (Fsp3) is 0.667. The molecule has 62 valence electrons. The third-order valence-electron chi connectivity index (χ3n) is 1.84. The summed E-state index contributed by atoms with van der Waals surface area (Å²) in [7, 11) is 0. The molecule has 0 spiro atoms.